The van der Waals surface area contributed by atoms with Gasteiger partial charge in [-0.05, 0) is 12.1 Å². The van der Waals surface area contributed by atoms with Gasteiger partial charge in [0.15, 0.2) is 0 Å². The summed E-state index contributed by atoms with van der Waals surface area (Å²) < 4.78 is 0. The molecule has 0 fully saturated rings. The lowest BCUT2D eigenvalue weighted by Crippen LogP contribution is -2.09. The van der Waals surface area contributed by atoms with E-state index in [1.54, 1.807) is 12.4 Å². The highest BCUT2D eigenvalue weighted by Gasteiger charge is 2.01. The van der Waals surface area contributed by atoms with Gasteiger partial charge >= 0.3 is 0 Å². The van der Waals surface area contributed by atoms with E-state index >= 15 is 0 Å². The lowest BCUT2D eigenvalue weighted by Gasteiger charge is -2.17. The van der Waals surface area contributed by atoms with E-state index in [0.29, 0.717) is 0 Å². The average molecular weight is 185 g/mol. The maximum absolute atomic E-state index is 3.98. The van der Waals surface area contributed by atoms with Crippen molar-refractivity contribution in [2.75, 3.05) is 11.9 Å². The first-order valence-corrected chi connectivity index (χ1v) is 4.42. The minimum Gasteiger partial charge on any atom is -0.342 e. The monoisotopic (exact) mass is 185 g/mol. The van der Waals surface area contributed by atoms with Crippen molar-refractivity contribution >= 4 is 11.4 Å². The van der Waals surface area contributed by atoms with Gasteiger partial charge in [-0.1, -0.05) is 18.2 Å². The molecule has 14 heavy (non-hydrogen) atoms. The van der Waals surface area contributed by atoms with Crippen molar-refractivity contribution in [3.05, 3.63) is 49.1 Å². The molecule has 0 atom stereocenters. The van der Waals surface area contributed by atoms with Crippen LogP contribution < -0.4 is 4.90 Å². The largest absolute Gasteiger partial charge is 0.342 e. The van der Waals surface area contributed by atoms with Crippen LogP contribution in [0.25, 0.3) is 0 Å². The summed E-state index contributed by atoms with van der Waals surface area (Å²) in [6, 6.07) is 10.1. The van der Waals surface area contributed by atoms with Crippen LogP contribution in [0.5, 0.6) is 0 Å². The molecule has 0 N–H and O–H groups in total. The van der Waals surface area contributed by atoms with Gasteiger partial charge in [-0.15, -0.1) is 0 Å². The topological polar surface area (TPSA) is 29.0 Å². The Hall–Kier alpha value is -1.90. The molecule has 0 amide bonds. The molecule has 2 rings (SSSR count). The molecule has 0 aliphatic rings. The molecule has 1 heterocycles. The van der Waals surface area contributed by atoms with Crippen LogP contribution in [-0.4, -0.2) is 17.0 Å². The van der Waals surface area contributed by atoms with Gasteiger partial charge in [0.1, 0.15) is 6.33 Å². The highest BCUT2D eigenvalue weighted by Crippen LogP contribution is 2.20. The summed E-state index contributed by atoms with van der Waals surface area (Å²) in [5.74, 6) is 0. The Balaban J connectivity index is 2.30. The van der Waals surface area contributed by atoms with E-state index < -0.39 is 0 Å². The third kappa shape index (κ3) is 1.71. The van der Waals surface area contributed by atoms with Gasteiger partial charge in [-0.25, -0.2) is 9.97 Å². The summed E-state index contributed by atoms with van der Waals surface area (Å²) >= 11 is 0. The fraction of sp³-hybridized carbons (Fsp3) is 0.0909. The number of hydrogen-bond donors (Lipinski definition) is 0. The molecular formula is C11H11N3. The van der Waals surface area contributed by atoms with Crippen molar-refractivity contribution < 1.29 is 0 Å². The van der Waals surface area contributed by atoms with Gasteiger partial charge in [0.2, 0.25) is 0 Å². The van der Waals surface area contributed by atoms with E-state index in [-0.39, 0.29) is 0 Å². The molecule has 0 aliphatic heterocycles. The fourth-order valence-electron chi connectivity index (χ4n) is 1.27. The molecule has 0 radical (unpaired) electrons. The normalized spacial score (nSPS) is 9.79. The molecule has 1 aromatic carbocycles. The zero-order chi connectivity index (χ0) is 9.80. The molecule has 0 spiro atoms. The Kier molecular flexibility index (Phi) is 2.40. The van der Waals surface area contributed by atoms with Crippen LogP contribution in [0.3, 0.4) is 0 Å². The van der Waals surface area contributed by atoms with Crippen LogP contribution in [0.15, 0.2) is 49.1 Å². The predicted molar refractivity (Wildman–Crippen MR) is 56.5 cm³/mol. The van der Waals surface area contributed by atoms with Gasteiger partial charge in [-0.3, -0.25) is 0 Å². The standard InChI is InChI=1S/C11H11N3/c1-14(10-5-3-2-4-6-10)11-7-12-9-13-8-11/h2-9H,1H3. The SMILES string of the molecule is CN(c1ccccc1)c1cncnc1. The average Bonchev–Trinajstić information content (AvgIpc) is 2.30. The third-order valence-electron chi connectivity index (χ3n) is 2.08. The molecular weight excluding hydrogens is 174 g/mol. The highest BCUT2D eigenvalue weighted by atomic mass is 15.1. The molecule has 0 aliphatic carbocycles. The van der Waals surface area contributed by atoms with Gasteiger partial charge in [0.05, 0.1) is 18.1 Å². The maximum atomic E-state index is 3.98. The number of hydrogen-bond acceptors (Lipinski definition) is 3. The van der Waals surface area contributed by atoms with Crippen LogP contribution in [0.2, 0.25) is 0 Å². The second kappa shape index (κ2) is 3.87. The molecule has 0 unspecified atom stereocenters. The van der Waals surface area contributed by atoms with Crippen molar-refractivity contribution in [1.29, 1.82) is 0 Å². The predicted octanol–water partition coefficient (Wildman–Crippen LogP) is 2.24. The number of anilines is 2. The second-order valence-electron chi connectivity index (χ2n) is 2.99. The van der Waals surface area contributed by atoms with Crippen molar-refractivity contribution in [2.45, 2.75) is 0 Å². The molecule has 3 nitrogen and oxygen atoms in total. The minimum absolute atomic E-state index is 0.985. The van der Waals surface area contributed by atoms with Gasteiger partial charge < -0.3 is 4.90 Å². The first-order valence-electron chi connectivity index (χ1n) is 4.42. The van der Waals surface area contributed by atoms with E-state index in [9.17, 15) is 0 Å². The molecule has 0 saturated carbocycles. The maximum Gasteiger partial charge on any atom is 0.115 e. The smallest absolute Gasteiger partial charge is 0.115 e. The Morgan fingerprint density at radius 3 is 2.21 bits per heavy atom. The van der Waals surface area contributed by atoms with Crippen molar-refractivity contribution in [1.82, 2.24) is 9.97 Å². The van der Waals surface area contributed by atoms with Crippen LogP contribution in [0, 0.1) is 0 Å². The summed E-state index contributed by atoms with van der Waals surface area (Å²) in [4.78, 5) is 10.00. The van der Waals surface area contributed by atoms with Crippen molar-refractivity contribution in [3.63, 3.8) is 0 Å². The Labute approximate surface area is 83.1 Å². The van der Waals surface area contributed by atoms with Crippen LogP contribution in [0.1, 0.15) is 0 Å². The minimum atomic E-state index is 0.985. The molecule has 3 heteroatoms. The summed E-state index contributed by atoms with van der Waals surface area (Å²) in [6.45, 7) is 0. The molecule has 70 valence electrons. The van der Waals surface area contributed by atoms with Crippen LogP contribution in [0.4, 0.5) is 11.4 Å². The third-order valence-corrected chi connectivity index (χ3v) is 2.08. The second-order valence-corrected chi connectivity index (χ2v) is 2.99. The molecule has 1 aromatic heterocycles. The van der Waals surface area contributed by atoms with Crippen LogP contribution >= 0.6 is 0 Å². The zero-order valence-electron chi connectivity index (χ0n) is 7.96. The molecule has 2 aromatic rings. The van der Waals surface area contributed by atoms with E-state index in [1.807, 2.05) is 42.3 Å². The van der Waals surface area contributed by atoms with Crippen LogP contribution in [-0.2, 0) is 0 Å². The van der Waals surface area contributed by atoms with E-state index in [1.165, 1.54) is 6.33 Å². The van der Waals surface area contributed by atoms with E-state index in [4.69, 9.17) is 0 Å². The van der Waals surface area contributed by atoms with E-state index in [2.05, 4.69) is 9.97 Å². The van der Waals surface area contributed by atoms with Gasteiger partial charge in [-0.2, -0.15) is 0 Å². The summed E-state index contributed by atoms with van der Waals surface area (Å²) in [5.41, 5.74) is 2.11. The molecule has 0 saturated heterocycles. The number of benzene rings is 1. The Morgan fingerprint density at radius 1 is 0.929 bits per heavy atom. The first kappa shape index (κ1) is 8.69. The van der Waals surface area contributed by atoms with Gasteiger partial charge in [0.25, 0.3) is 0 Å². The summed E-state index contributed by atoms with van der Waals surface area (Å²) in [7, 11) is 1.99. The van der Waals surface area contributed by atoms with Crippen molar-refractivity contribution in [2.24, 2.45) is 0 Å². The van der Waals surface area contributed by atoms with Gasteiger partial charge in [0, 0.05) is 12.7 Å². The first-order chi connectivity index (χ1) is 6.88. The Bertz CT molecular complexity index is 346. The van der Waals surface area contributed by atoms with Crippen molar-refractivity contribution in [3.8, 4) is 0 Å². The lowest BCUT2D eigenvalue weighted by atomic mass is 10.3. The molecule has 0 bridgehead atoms. The lowest BCUT2D eigenvalue weighted by molar-refractivity contribution is 1.11. The fourth-order valence-corrected chi connectivity index (χ4v) is 1.27. The number of rotatable bonds is 2. The van der Waals surface area contributed by atoms with E-state index in [0.717, 1.165) is 11.4 Å². The number of aromatic nitrogens is 2. The quantitative estimate of drug-likeness (QED) is 0.718. The Morgan fingerprint density at radius 2 is 1.57 bits per heavy atom. The number of para-hydroxylation sites is 1. The highest BCUT2D eigenvalue weighted by molar-refractivity contribution is 5.60. The zero-order valence-corrected chi connectivity index (χ0v) is 7.96. The number of nitrogens with zero attached hydrogens (tertiary/aromatic N) is 3. The summed E-state index contributed by atoms with van der Waals surface area (Å²) in [5, 5.41) is 0. The summed E-state index contributed by atoms with van der Waals surface area (Å²) in [6.07, 6.45) is 5.11.